The molecule has 7 nitrogen and oxygen atoms in total. The number of aromatic hydroxyl groups is 1. The minimum Gasteiger partial charge on any atom is -0.507 e. The molecule has 9 heteroatoms. The van der Waals surface area contributed by atoms with Crippen LogP contribution >= 0.6 is 23.2 Å². The van der Waals surface area contributed by atoms with Crippen molar-refractivity contribution < 1.29 is 24.2 Å². The second kappa shape index (κ2) is 9.36. The minimum atomic E-state index is -0.760. The summed E-state index contributed by atoms with van der Waals surface area (Å²) in [5.74, 6) is -2.12. The lowest BCUT2D eigenvalue weighted by molar-refractivity contribution is -0.152. The van der Waals surface area contributed by atoms with Gasteiger partial charge in [0, 0.05) is 23.3 Å². The topological polar surface area (TPSA) is 95.9 Å². The number of phenols is 1. The molecule has 2 aromatic carbocycles. The number of anilines is 2. The lowest BCUT2D eigenvalue weighted by Gasteiger charge is -2.26. The Balaban J connectivity index is 2.50. The molecule has 0 fully saturated rings. The predicted octanol–water partition coefficient (Wildman–Crippen LogP) is 4.65. The van der Waals surface area contributed by atoms with E-state index in [4.69, 9.17) is 27.9 Å². The summed E-state index contributed by atoms with van der Waals surface area (Å²) in [5.41, 5.74) is -0.255. The molecule has 2 N–H and O–H groups in total. The van der Waals surface area contributed by atoms with Crippen molar-refractivity contribution in [1.29, 1.82) is 0 Å². The molecule has 0 atom stereocenters. The first-order valence-electron chi connectivity index (χ1n) is 8.97. The van der Waals surface area contributed by atoms with E-state index in [0.717, 1.165) is 4.90 Å². The zero-order valence-electron chi connectivity index (χ0n) is 17.0. The summed E-state index contributed by atoms with van der Waals surface area (Å²) < 4.78 is 5.33. The van der Waals surface area contributed by atoms with Crippen molar-refractivity contribution in [2.24, 2.45) is 0 Å². The number of nitrogens with one attached hydrogen (secondary N) is 1. The van der Waals surface area contributed by atoms with E-state index in [9.17, 15) is 19.5 Å². The molecule has 0 saturated carbocycles. The van der Waals surface area contributed by atoms with Crippen molar-refractivity contribution in [3.05, 3.63) is 52.0 Å². The van der Waals surface area contributed by atoms with Gasteiger partial charge in [0.25, 0.3) is 5.91 Å². The van der Waals surface area contributed by atoms with Gasteiger partial charge in [0.2, 0.25) is 5.91 Å². The summed E-state index contributed by atoms with van der Waals surface area (Å²) in [4.78, 5) is 38.2. The number of amides is 2. The molecule has 0 aliphatic rings. The van der Waals surface area contributed by atoms with Gasteiger partial charge in [0.15, 0.2) is 0 Å². The van der Waals surface area contributed by atoms with Crippen LogP contribution in [0.25, 0.3) is 0 Å². The number of rotatable bonds is 5. The maximum atomic E-state index is 13.3. The van der Waals surface area contributed by atoms with E-state index >= 15 is 0 Å². The van der Waals surface area contributed by atoms with Gasteiger partial charge in [0.1, 0.15) is 23.5 Å². The van der Waals surface area contributed by atoms with E-state index in [-0.39, 0.29) is 21.5 Å². The summed E-state index contributed by atoms with van der Waals surface area (Å²) in [5, 5.41) is 12.9. The average molecular weight is 453 g/mol. The number of carbonyl (C=O) groups excluding carboxylic acids is 3. The van der Waals surface area contributed by atoms with Gasteiger partial charge in [-0.25, -0.2) is 0 Å². The second-order valence-electron chi connectivity index (χ2n) is 7.49. The Morgan fingerprint density at radius 2 is 1.80 bits per heavy atom. The monoisotopic (exact) mass is 452 g/mol. The zero-order valence-corrected chi connectivity index (χ0v) is 18.5. The molecule has 0 bridgehead atoms. The largest absolute Gasteiger partial charge is 0.507 e. The molecule has 0 spiro atoms. The van der Waals surface area contributed by atoms with Gasteiger partial charge in [-0.15, -0.1) is 0 Å². The number of nitrogens with zero attached hydrogens (tertiary/aromatic N) is 1. The summed E-state index contributed by atoms with van der Waals surface area (Å²) in [7, 11) is 0. The molecule has 0 heterocycles. The molecule has 2 amide bonds. The van der Waals surface area contributed by atoms with Crippen molar-refractivity contribution in [3.8, 4) is 5.75 Å². The normalized spacial score (nSPS) is 11.0. The molecule has 0 unspecified atom stereocenters. The van der Waals surface area contributed by atoms with Crippen LogP contribution in [0.3, 0.4) is 0 Å². The van der Waals surface area contributed by atoms with Crippen LogP contribution < -0.4 is 10.2 Å². The Morgan fingerprint density at radius 3 is 2.37 bits per heavy atom. The number of ether oxygens (including phenoxy) is 1. The summed E-state index contributed by atoms with van der Waals surface area (Å²) >= 11 is 12.0. The molecule has 30 heavy (non-hydrogen) atoms. The highest BCUT2D eigenvalue weighted by molar-refractivity contribution is 6.38. The Kier molecular flexibility index (Phi) is 7.34. The Hall–Kier alpha value is -2.77. The third-order valence-corrected chi connectivity index (χ3v) is 4.19. The Labute approximate surface area is 184 Å². The number of phenolic OH excluding ortho intramolecular Hbond substituents is 1. The van der Waals surface area contributed by atoms with Gasteiger partial charge in [-0.05, 0) is 51.1 Å². The molecule has 0 aliphatic heterocycles. The van der Waals surface area contributed by atoms with Gasteiger partial charge < -0.3 is 15.2 Å². The lowest BCUT2D eigenvalue weighted by atomic mass is 10.1. The van der Waals surface area contributed by atoms with E-state index in [1.807, 2.05) is 0 Å². The fraction of sp³-hybridized carbons (Fsp3) is 0.286. The zero-order chi connectivity index (χ0) is 22.6. The van der Waals surface area contributed by atoms with Crippen molar-refractivity contribution in [1.82, 2.24) is 0 Å². The molecular formula is C21H22Cl2N2O5. The van der Waals surface area contributed by atoms with Crippen molar-refractivity contribution in [3.63, 3.8) is 0 Å². The number of halogens is 2. The van der Waals surface area contributed by atoms with E-state index < -0.39 is 29.8 Å². The van der Waals surface area contributed by atoms with E-state index in [2.05, 4.69) is 5.32 Å². The highest BCUT2D eigenvalue weighted by atomic mass is 35.5. The van der Waals surface area contributed by atoms with E-state index in [0.29, 0.717) is 11.4 Å². The maximum Gasteiger partial charge on any atom is 0.326 e. The third kappa shape index (κ3) is 6.37. The van der Waals surface area contributed by atoms with Crippen LogP contribution in [0.5, 0.6) is 5.75 Å². The fourth-order valence-corrected chi connectivity index (χ4v) is 3.21. The summed E-state index contributed by atoms with van der Waals surface area (Å²) in [6.07, 6.45) is 0. The Morgan fingerprint density at radius 1 is 1.13 bits per heavy atom. The minimum absolute atomic E-state index is 0.0720. The summed E-state index contributed by atoms with van der Waals surface area (Å²) in [6, 6.07) is 8.83. The quantitative estimate of drug-likeness (QED) is 0.643. The number of benzene rings is 2. The number of hydrogen-bond donors (Lipinski definition) is 2. The first-order chi connectivity index (χ1) is 13.9. The van der Waals surface area contributed by atoms with Crippen molar-refractivity contribution in [2.45, 2.75) is 33.3 Å². The second-order valence-corrected chi connectivity index (χ2v) is 8.33. The van der Waals surface area contributed by atoms with E-state index in [1.165, 1.54) is 25.1 Å². The van der Waals surface area contributed by atoms with Gasteiger partial charge in [-0.3, -0.25) is 19.3 Å². The average Bonchev–Trinajstić information content (AvgIpc) is 2.56. The number of carbonyl (C=O) groups is 3. The van der Waals surface area contributed by atoms with Crippen LogP contribution in [0.2, 0.25) is 10.0 Å². The van der Waals surface area contributed by atoms with Gasteiger partial charge in [0.05, 0.1) is 5.02 Å². The SMILES string of the molecule is CC(=O)Nc1cccc(N(CC(=O)OC(C)(C)C)C(=O)c2c(O)cc(Cl)cc2Cl)c1. The maximum absolute atomic E-state index is 13.3. The highest BCUT2D eigenvalue weighted by Crippen LogP contribution is 2.33. The van der Waals surface area contributed by atoms with Crippen LogP contribution in [0, 0.1) is 0 Å². The third-order valence-electron chi connectivity index (χ3n) is 3.68. The molecule has 2 rings (SSSR count). The van der Waals surface area contributed by atoms with Crippen LogP contribution in [0.4, 0.5) is 11.4 Å². The van der Waals surface area contributed by atoms with Gasteiger partial charge in [-0.1, -0.05) is 29.3 Å². The first-order valence-corrected chi connectivity index (χ1v) is 9.72. The van der Waals surface area contributed by atoms with Crippen molar-refractivity contribution in [2.75, 3.05) is 16.8 Å². The first kappa shape index (κ1) is 23.5. The van der Waals surface area contributed by atoms with E-state index in [1.54, 1.807) is 39.0 Å². The molecule has 2 aromatic rings. The van der Waals surface area contributed by atoms with Crippen LogP contribution in [-0.4, -0.2) is 35.0 Å². The molecular weight excluding hydrogens is 431 g/mol. The molecule has 0 saturated heterocycles. The van der Waals surface area contributed by atoms with Crippen molar-refractivity contribution >= 4 is 52.4 Å². The standard InChI is InChI=1S/C21H22Cl2N2O5/c1-12(26)24-14-6-5-7-15(10-14)25(11-18(28)30-21(2,3)4)20(29)19-16(23)8-13(22)9-17(19)27/h5-10,27H,11H2,1-4H3,(H,24,26). The number of hydrogen-bond acceptors (Lipinski definition) is 5. The van der Waals surface area contributed by atoms with Gasteiger partial charge in [-0.2, -0.15) is 0 Å². The lowest BCUT2D eigenvalue weighted by Crippen LogP contribution is -2.39. The molecule has 0 aliphatic carbocycles. The number of esters is 1. The van der Waals surface area contributed by atoms with Crippen LogP contribution in [0.15, 0.2) is 36.4 Å². The summed E-state index contributed by atoms with van der Waals surface area (Å²) in [6.45, 7) is 6.02. The highest BCUT2D eigenvalue weighted by Gasteiger charge is 2.28. The van der Waals surface area contributed by atoms with Crippen LogP contribution in [-0.2, 0) is 14.3 Å². The predicted molar refractivity (Wildman–Crippen MR) is 116 cm³/mol. The fourth-order valence-electron chi connectivity index (χ4n) is 2.64. The van der Waals surface area contributed by atoms with Gasteiger partial charge >= 0.3 is 5.97 Å². The molecule has 160 valence electrons. The molecule has 0 aromatic heterocycles. The van der Waals surface area contributed by atoms with Crippen LogP contribution in [0.1, 0.15) is 38.1 Å². The molecule has 0 radical (unpaired) electrons. The smallest absolute Gasteiger partial charge is 0.326 e. The Bertz CT molecular complexity index is 963.